The van der Waals surface area contributed by atoms with Crippen molar-refractivity contribution in [1.29, 1.82) is 0 Å². The molecule has 2 nitrogen and oxygen atoms in total. The Labute approximate surface area is 147 Å². The molecule has 2 aromatic rings. The zero-order valence-corrected chi connectivity index (χ0v) is 16.1. The molecule has 0 amide bonds. The number of nitrogens with one attached hydrogen (secondary N) is 1. The largest absolute Gasteiger partial charge is 0.406 e. The fourth-order valence-electron chi connectivity index (χ4n) is 3.89. The lowest BCUT2D eigenvalue weighted by Crippen LogP contribution is -2.67. The molecule has 1 aliphatic rings. The van der Waals surface area contributed by atoms with Crippen LogP contribution in [-0.4, -0.2) is 27.5 Å². The van der Waals surface area contributed by atoms with Crippen LogP contribution in [-0.2, 0) is 4.43 Å². The first-order chi connectivity index (χ1) is 11.5. The van der Waals surface area contributed by atoms with E-state index in [0.29, 0.717) is 6.04 Å². The topological polar surface area (TPSA) is 21.3 Å². The van der Waals surface area contributed by atoms with Crippen LogP contribution in [0, 0.1) is 0 Å². The van der Waals surface area contributed by atoms with Crippen molar-refractivity contribution in [3.05, 3.63) is 60.7 Å². The van der Waals surface area contributed by atoms with E-state index in [2.05, 4.69) is 86.8 Å². The van der Waals surface area contributed by atoms with E-state index in [-0.39, 0.29) is 5.04 Å². The van der Waals surface area contributed by atoms with Gasteiger partial charge in [-0.05, 0) is 34.8 Å². The minimum absolute atomic E-state index is 0.0638. The molecule has 3 rings (SSSR count). The van der Waals surface area contributed by atoms with E-state index in [1.807, 2.05) is 0 Å². The lowest BCUT2D eigenvalue weighted by molar-refractivity contribution is 0.261. The fourth-order valence-corrected chi connectivity index (χ4v) is 8.49. The van der Waals surface area contributed by atoms with Crippen molar-refractivity contribution < 1.29 is 4.43 Å². The summed E-state index contributed by atoms with van der Waals surface area (Å²) in [5, 5.41) is 6.37. The average molecular weight is 340 g/mol. The van der Waals surface area contributed by atoms with Gasteiger partial charge >= 0.3 is 0 Å². The van der Waals surface area contributed by atoms with E-state index in [1.54, 1.807) is 0 Å². The van der Waals surface area contributed by atoms with Crippen molar-refractivity contribution >= 4 is 18.7 Å². The molecule has 24 heavy (non-hydrogen) atoms. The highest BCUT2D eigenvalue weighted by Crippen LogP contribution is 2.36. The summed E-state index contributed by atoms with van der Waals surface area (Å²) in [6.07, 6.45) is 2.48. The predicted molar refractivity (Wildman–Crippen MR) is 105 cm³/mol. The summed E-state index contributed by atoms with van der Waals surface area (Å²) < 4.78 is 6.93. The van der Waals surface area contributed by atoms with Gasteiger partial charge in [0.25, 0.3) is 8.32 Å². The summed E-state index contributed by atoms with van der Waals surface area (Å²) >= 11 is 0. The highest BCUT2D eigenvalue weighted by molar-refractivity contribution is 6.99. The Morgan fingerprint density at radius 1 is 0.958 bits per heavy atom. The number of benzene rings is 2. The molecule has 0 saturated carbocycles. The smallest absolute Gasteiger partial charge is 0.261 e. The third-order valence-electron chi connectivity index (χ3n) is 5.08. The zero-order chi connectivity index (χ0) is 17.0. The van der Waals surface area contributed by atoms with Crippen molar-refractivity contribution in [3.8, 4) is 0 Å². The summed E-state index contributed by atoms with van der Waals surface area (Å²) in [5.74, 6) is 0. The molecule has 0 spiro atoms. The Bertz CT molecular complexity index is 590. The molecule has 128 valence electrons. The van der Waals surface area contributed by atoms with Gasteiger partial charge in [0.05, 0.1) is 6.61 Å². The predicted octanol–water partition coefficient (Wildman–Crippen LogP) is 3.32. The maximum atomic E-state index is 6.93. The monoisotopic (exact) mass is 339 g/mol. The van der Waals surface area contributed by atoms with E-state index in [9.17, 15) is 0 Å². The Kier molecular flexibility index (Phi) is 5.23. The third kappa shape index (κ3) is 3.34. The maximum absolute atomic E-state index is 6.93. The first-order valence-corrected chi connectivity index (χ1v) is 10.9. The van der Waals surface area contributed by atoms with Gasteiger partial charge in [0.15, 0.2) is 0 Å². The Morgan fingerprint density at radius 2 is 1.50 bits per heavy atom. The second-order valence-electron chi connectivity index (χ2n) is 7.77. The minimum atomic E-state index is -2.36. The van der Waals surface area contributed by atoms with Gasteiger partial charge in [-0.2, -0.15) is 0 Å². The Morgan fingerprint density at radius 3 is 1.92 bits per heavy atom. The van der Waals surface area contributed by atoms with Crippen molar-refractivity contribution in [2.45, 2.75) is 44.7 Å². The van der Waals surface area contributed by atoms with Gasteiger partial charge in [-0.1, -0.05) is 81.4 Å². The molecule has 1 fully saturated rings. The van der Waals surface area contributed by atoms with Gasteiger partial charge in [0, 0.05) is 6.04 Å². The third-order valence-corrected chi connectivity index (χ3v) is 10.1. The van der Waals surface area contributed by atoms with Crippen molar-refractivity contribution in [2.75, 3.05) is 13.2 Å². The zero-order valence-electron chi connectivity index (χ0n) is 15.1. The average Bonchev–Trinajstić information content (AvgIpc) is 3.10. The number of hydrogen-bond acceptors (Lipinski definition) is 2. The minimum Gasteiger partial charge on any atom is -0.406 e. The molecule has 0 aliphatic carbocycles. The van der Waals surface area contributed by atoms with Crippen LogP contribution < -0.4 is 15.7 Å². The van der Waals surface area contributed by atoms with Gasteiger partial charge in [0.1, 0.15) is 0 Å². The molecular formula is C21H29NOSi. The molecule has 0 bridgehead atoms. The number of rotatable bonds is 5. The van der Waals surface area contributed by atoms with E-state index in [1.165, 1.54) is 23.2 Å². The molecule has 0 aromatic heterocycles. The first-order valence-electron chi connectivity index (χ1n) is 9.02. The molecule has 1 aliphatic heterocycles. The Balaban J connectivity index is 2.06. The van der Waals surface area contributed by atoms with Crippen molar-refractivity contribution in [2.24, 2.45) is 0 Å². The van der Waals surface area contributed by atoms with Gasteiger partial charge in [-0.15, -0.1) is 0 Å². The van der Waals surface area contributed by atoms with E-state index in [4.69, 9.17) is 4.43 Å². The highest BCUT2D eigenvalue weighted by atomic mass is 28.4. The molecule has 1 unspecified atom stereocenters. The summed E-state index contributed by atoms with van der Waals surface area (Å²) in [5.41, 5.74) is 0. The molecular weight excluding hydrogens is 310 g/mol. The Hall–Kier alpha value is -1.42. The van der Waals surface area contributed by atoms with Crippen LogP contribution >= 0.6 is 0 Å². The van der Waals surface area contributed by atoms with Gasteiger partial charge in [-0.3, -0.25) is 0 Å². The standard InChI is InChI=1S/C21H29NOSi/c1-21(2,3)24(19-12-6-4-7-13-19,20-14-8-5-9-15-20)23-17-18-11-10-16-22-18/h4-9,12-15,18,22H,10-11,16-17H2,1-3H3. The molecule has 1 heterocycles. The quantitative estimate of drug-likeness (QED) is 0.844. The second-order valence-corrected chi connectivity index (χ2v) is 12.1. The molecule has 0 radical (unpaired) electrons. The lowest BCUT2D eigenvalue weighted by atomic mass is 10.2. The van der Waals surface area contributed by atoms with Crippen LogP contribution in [0.15, 0.2) is 60.7 Å². The van der Waals surface area contributed by atoms with Crippen molar-refractivity contribution in [3.63, 3.8) is 0 Å². The van der Waals surface area contributed by atoms with Crippen LogP contribution in [0.1, 0.15) is 33.6 Å². The fraction of sp³-hybridized carbons (Fsp3) is 0.429. The summed E-state index contributed by atoms with van der Waals surface area (Å²) in [7, 11) is -2.36. The molecule has 2 aromatic carbocycles. The molecule has 3 heteroatoms. The van der Waals surface area contributed by atoms with E-state index < -0.39 is 8.32 Å². The first kappa shape index (κ1) is 17.4. The summed E-state index contributed by atoms with van der Waals surface area (Å²) in [4.78, 5) is 0. The van der Waals surface area contributed by atoms with E-state index in [0.717, 1.165) is 13.2 Å². The van der Waals surface area contributed by atoms with Crippen LogP contribution in [0.2, 0.25) is 5.04 Å². The summed E-state index contributed by atoms with van der Waals surface area (Å²) in [6, 6.07) is 22.3. The van der Waals surface area contributed by atoms with Crippen LogP contribution in [0.5, 0.6) is 0 Å². The second kappa shape index (κ2) is 7.22. The van der Waals surface area contributed by atoms with Crippen LogP contribution in [0.25, 0.3) is 0 Å². The molecule has 1 saturated heterocycles. The van der Waals surface area contributed by atoms with Gasteiger partial charge < -0.3 is 9.74 Å². The summed E-state index contributed by atoms with van der Waals surface area (Å²) in [6.45, 7) is 8.92. The maximum Gasteiger partial charge on any atom is 0.261 e. The lowest BCUT2D eigenvalue weighted by Gasteiger charge is -2.43. The van der Waals surface area contributed by atoms with Gasteiger partial charge in [-0.25, -0.2) is 0 Å². The normalized spacial score (nSPS) is 18.7. The van der Waals surface area contributed by atoms with E-state index >= 15 is 0 Å². The van der Waals surface area contributed by atoms with Crippen molar-refractivity contribution in [1.82, 2.24) is 5.32 Å². The van der Waals surface area contributed by atoms with Crippen LogP contribution in [0.3, 0.4) is 0 Å². The SMILES string of the molecule is CC(C)(C)[Si](OCC1CCCN1)(c1ccccc1)c1ccccc1. The van der Waals surface area contributed by atoms with Gasteiger partial charge in [0.2, 0.25) is 0 Å². The van der Waals surface area contributed by atoms with Crippen LogP contribution in [0.4, 0.5) is 0 Å². The highest BCUT2D eigenvalue weighted by Gasteiger charge is 2.50. The molecule has 1 N–H and O–H groups in total. The number of hydrogen-bond donors (Lipinski definition) is 1. The molecule has 1 atom stereocenters.